The van der Waals surface area contributed by atoms with Crippen molar-refractivity contribution >= 4 is 34.1 Å². The molecule has 0 spiro atoms. The minimum absolute atomic E-state index is 0.171. The SMILES string of the molecule is C=CCn1c(SC(C)C(=O)Nc2nc(C)cs2)nnc1-c1cccc(F)c1. The molecule has 0 fully saturated rings. The van der Waals surface area contributed by atoms with Crippen molar-refractivity contribution in [2.75, 3.05) is 5.32 Å². The van der Waals surface area contributed by atoms with E-state index < -0.39 is 5.25 Å². The highest BCUT2D eigenvalue weighted by Crippen LogP contribution is 2.28. The predicted octanol–water partition coefficient (Wildman–Crippen LogP) is 4.15. The third kappa shape index (κ3) is 4.61. The minimum atomic E-state index is -0.415. The van der Waals surface area contributed by atoms with Crippen molar-refractivity contribution in [2.45, 2.75) is 30.8 Å². The summed E-state index contributed by atoms with van der Waals surface area (Å²) in [5.41, 5.74) is 1.48. The number of hydrogen-bond acceptors (Lipinski definition) is 6. The highest BCUT2D eigenvalue weighted by molar-refractivity contribution is 8.00. The molecule has 0 saturated heterocycles. The molecule has 2 aromatic heterocycles. The van der Waals surface area contributed by atoms with Gasteiger partial charge in [-0.1, -0.05) is 30.0 Å². The Labute approximate surface area is 164 Å². The van der Waals surface area contributed by atoms with E-state index >= 15 is 0 Å². The molecule has 2 heterocycles. The molecule has 6 nitrogen and oxygen atoms in total. The first-order valence-electron chi connectivity index (χ1n) is 8.17. The van der Waals surface area contributed by atoms with Gasteiger partial charge in [0.2, 0.25) is 5.91 Å². The van der Waals surface area contributed by atoms with Crippen molar-refractivity contribution < 1.29 is 9.18 Å². The Balaban J connectivity index is 1.79. The van der Waals surface area contributed by atoms with Crippen molar-refractivity contribution in [3.63, 3.8) is 0 Å². The molecule has 0 bridgehead atoms. The van der Waals surface area contributed by atoms with Crippen LogP contribution in [0.2, 0.25) is 0 Å². The second kappa shape index (κ2) is 8.45. The van der Waals surface area contributed by atoms with Crippen LogP contribution in [0.5, 0.6) is 0 Å². The van der Waals surface area contributed by atoms with Crippen LogP contribution in [0.25, 0.3) is 11.4 Å². The normalized spacial score (nSPS) is 12.0. The maximum Gasteiger partial charge on any atom is 0.239 e. The molecule has 27 heavy (non-hydrogen) atoms. The largest absolute Gasteiger partial charge is 0.301 e. The van der Waals surface area contributed by atoms with Crippen LogP contribution in [0.3, 0.4) is 0 Å². The lowest BCUT2D eigenvalue weighted by molar-refractivity contribution is -0.115. The number of allylic oxidation sites excluding steroid dienone is 1. The van der Waals surface area contributed by atoms with Crippen molar-refractivity contribution in [1.82, 2.24) is 19.7 Å². The van der Waals surface area contributed by atoms with Crippen LogP contribution in [0.15, 0.2) is 47.5 Å². The number of carbonyl (C=O) groups excluding carboxylic acids is 1. The van der Waals surface area contributed by atoms with E-state index in [-0.39, 0.29) is 11.7 Å². The fourth-order valence-corrected chi connectivity index (χ4v) is 3.89. The second-order valence-electron chi connectivity index (χ2n) is 5.76. The maximum atomic E-state index is 13.6. The lowest BCUT2D eigenvalue weighted by Crippen LogP contribution is -2.22. The third-order valence-corrected chi connectivity index (χ3v) is 5.57. The fraction of sp³-hybridized carbons (Fsp3) is 0.222. The first-order valence-corrected chi connectivity index (χ1v) is 9.93. The number of anilines is 1. The van der Waals surface area contributed by atoms with Gasteiger partial charge < -0.3 is 5.32 Å². The van der Waals surface area contributed by atoms with E-state index in [2.05, 4.69) is 27.1 Å². The zero-order valence-corrected chi connectivity index (χ0v) is 16.5. The molecule has 0 aliphatic carbocycles. The number of hydrogen-bond donors (Lipinski definition) is 1. The molecule has 9 heteroatoms. The average Bonchev–Trinajstić information content (AvgIpc) is 3.22. The number of rotatable bonds is 7. The number of halogens is 1. The van der Waals surface area contributed by atoms with Crippen molar-refractivity contribution in [3.05, 3.63) is 53.8 Å². The molecule has 3 rings (SSSR count). The molecule has 1 amide bonds. The van der Waals surface area contributed by atoms with E-state index in [1.165, 1.54) is 35.2 Å². The maximum absolute atomic E-state index is 13.6. The molecule has 1 aromatic carbocycles. The fourth-order valence-electron chi connectivity index (χ4n) is 2.34. The highest BCUT2D eigenvalue weighted by atomic mass is 32.2. The summed E-state index contributed by atoms with van der Waals surface area (Å²) in [6, 6.07) is 6.16. The summed E-state index contributed by atoms with van der Waals surface area (Å²) in [5.74, 6) is 0.0104. The number of aryl methyl sites for hydroxylation is 1. The van der Waals surface area contributed by atoms with E-state index in [1.807, 2.05) is 16.9 Å². The lowest BCUT2D eigenvalue weighted by Gasteiger charge is -2.12. The molecule has 3 aromatic rings. The molecule has 1 unspecified atom stereocenters. The summed E-state index contributed by atoms with van der Waals surface area (Å²) >= 11 is 2.66. The zero-order valence-electron chi connectivity index (χ0n) is 14.8. The highest BCUT2D eigenvalue weighted by Gasteiger charge is 2.21. The van der Waals surface area contributed by atoms with E-state index in [0.29, 0.717) is 28.2 Å². The van der Waals surface area contributed by atoms with Gasteiger partial charge in [0.1, 0.15) is 5.82 Å². The monoisotopic (exact) mass is 403 g/mol. The second-order valence-corrected chi connectivity index (χ2v) is 7.93. The number of amides is 1. The van der Waals surface area contributed by atoms with E-state index in [1.54, 1.807) is 25.1 Å². The third-order valence-electron chi connectivity index (χ3n) is 3.61. The van der Waals surface area contributed by atoms with Gasteiger partial charge in [-0.15, -0.1) is 28.1 Å². The summed E-state index contributed by atoms with van der Waals surface area (Å²) < 4.78 is 15.4. The first kappa shape index (κ1) is 19.2. The van der Waals surface area contributed by atoms with E-state index in [9.17, 15) is 9.18 Å². The molecular weight excluding hydrogens is 385 g/mol. The average molecular weight is 404 g/mol. The summed E-state index contributed by atoms with van der Waals surface area (Å²) in [6.07, 6.45) is 1.71. The molecule has 1 N–H and O–H groups in total. The lowest BCUT2D eigenvalue weighted by atomic mass is 10.2. The van der Waals surface area contributed by atoms with Gasteiger partial charge in [0.15, 0.2) is 16.1 Å². The molecule has 0 aliphatic rings. The van der Waals surface area contributed by atoms with Crippen molar-refractivity contribution in [2.24, 2.45) is 0 Å². The standard InChI is InChI=1S/C18H18FN5OS2/c1-4-8-24-15(13-6-5-7-14(19)9-13)22-23-18(24)27-12(3)16(25)21-17-20-11(2)10-26-17/h4-7,9-10,12H,1,8H2,2-3H3,(H,20,21,25). The van der Waals surface area contributed by atoms with Gasteiger partial charge in [-0.3, -0.25) is 9.36 Å². The van der Waals surface area contributed by atoms with Crippen LogP contribution in [-0.2, 0) is 11.3 Å². The van der Waals surface area contributed by atoms with Crippen LogP contribution >= 0.6 is 23.1 Å². The van der Waals surface area contributed by atoms with Gasteiger partial charge in [-0.05, 0) is 26.0 Å². The van der Waals surface area contributed by atoms with Gasteiger partial charge in [0.25, 0.3) is 0 Å². The van der Waals surface area contributed by atoms with Crippen molar-refractivity contribution in [1.29, 1.82) is 0 Å². The van der Waals surface area contributed by atoms with Crippen LogP contribution in [-0.4, -0.2) is 30.9 Å². The Kier molecular flexibility index (Phi) is 6.02. The number of thiazole rings is 1. The molecule has 1 atom stereocenters. The van der Waals surface area contributed by atoms with Crippen molar-refractivity contribution in [3.8, 4) is 11.4 Å². The Morgan fingerprint density at radius 1 is 1.48 bits per heavy atom. The Morgan fingerprint density at radius 2 is 2.30 bits per heavy atom. The topological polar surface area (TPSA) is 72.7 Å². The van der Waals surface area contributed by atoms with Gasteiger partial charge in [0.05, 0.1) is 10.9 Å². The number of carbonyl (C=O) groups is 1. The quantitative estimate of drug-likeness (QED) is 0.474. The Bertz CT molecular complexity index is 968. The van der Waals surface area contributed by atoms with Gasteiger partial charge in [0, 0.05) is 17.5 Å². The predicted molar refractivity (Wildman–Crippen MR) is 106 cm³/mol. The van der Waals surface area contributed by atoms with Crippen LogP contribution in [0.4, 0.5) is 9.52 Å². The number of thioether (sulfide) groups is 1. The first-order chi connectivity index (χ1) is 13.0. The number of nitrogens with zero attached hydrogens (tertiary/aromatic N) is 4. The number of benzene rings is 1. The summed E-state index contributed by atoms with van der Waals surface area (Å²) in [5, 5.41) is 13.8. The summed E-state index contributed by atoms with van der Waals surface area (Å²) in [4.78, 5) is 16.7. The van der Waals surface area contributed by atoms with Crippen LogP contribution < -0.4 is 5.32 Å². The van der Waals surface area contributed by atoms with Crippen LogP contribution in [0, 0.1) is 12.7 Å². The van der Waals surface area contributed by atoms with Crippen LogP contribution in [0.1, 0.15) is 12.6 Å². The van der Waals surface area contributed by atoms with Gasteiger partial charge >= 0.3 is 0 Å². The molecule has 140 valence electrons. The van der Waals surface area contributed by atoms with E-state index in [4.69, 9.17) is 0 Å². The summed E-state index contributed by atoms with van der Waals surface area (Å²) in [7, 11) is 0. The Morgan fingerprint density at radius 3 is 2.96 bits per heavy atom. The minimum Gasteiger partial charge on any atom is -0.301 e. The molecule has 0 aliphatic heterocycles. The molecular formula is C18H18FN5OS2. The van der Waals surface area contributed by atoms with Gasteiger partial charge in [-0.2, -0.15) is 0 Å². The molecule has 0 saturated carbocycles. The van der Waals surface area contributed by atoms with Gasteiger partial charge in [-0.25, -0.2) is 9.37 Å². The molecule has 0 radical (unpaired) electrons. The smallest absolute Gasteiger partial charge is 0.239 e. The Hall–Kier alpha value is -2.52. The number of nitrogens with one attached hydrogen (secondary N) is 1. The summed E-state index contributed by atoms with van der Waals surface area (Å²) in [6.45, 7) is 7.86. The van der Waals surface area contributed by atoms with E-state index in [0.717, 1.165) is 5.69 Å². The number of aromatic nitrogens is 4. The zero-order chi connectivity index (χ0) is 19.4.